The molecule has 0 spiro atoms. The number of nitrogens with zero attached hydrogens (tertiary/aromatic N) is 5. The van der Waals surface area contributed by atoms with Crippen LogP contribution in [0.25, 0.3) is 33.1 Å². The average molecular weight is 430 g/mol. The summed E-state index contributed by atoms with van der Waals surface area (Å²) in [6.07, 6.45) is 1.59. The molecule has 156 valence electrons. The molecular formula is C20H21ClFN7O. The van der Waals surface area contributed by atoms with Crippen molar-refractivity contribution in [3.8, 4) is 11.1 Å². The summed E-state index contributed by atoms with van der Waals surface area (Å²) in [5, 5.41) is 7.89. The van der Waals surface area contributed by atoms with Gasteiger partial charge in [-0.3, -0.25) is 14.0 Å². The molecule has 4 rings (SSSR count). The third-order valence-electron chi connectivity index (χ3n) is 5.17. The summed E-state index contributed by atoms with van der Waals surface area (Å²) in [4.78, 5) is 22.6. The molecule has 0 atom stereocenters. The van der Waals surface area contributed by atoms with E-state index in [0.29, 0.717) is 34.6 Å². The highest BCUT2D eigenvalue weighted by atomic mass is 35.5. The summed E-state index contributed by atoms with van der Waals surface area (Å²) in [5.41, 5.74) is 2.00. The summed E-state index contributed by atoms with van der Waals surface area (Å²) < 4.78 is 18.2. The van der Waals surface area contributed by atoms with Crippen LogP contribution in [0.15, 0.2) is 35.4 Å². The quantitative estimate of drug-likeness (QED) is 0.509. The molecule has 0 saturated heterocycles. The maximum absolute atomic E-state index is 15.4. The monoisotopic (exact) mass is 429 g/mol. The van der Waals surface area contributed by atoms with Crippen molar-refractivity contribution in [3.63, 3.8) is 0 Å². The Morgan fingerprint density at radius 3 is 2.77 bits per heavy atom. The van der Waals surface area contributed by atoms with Crippen molar-refractivity contribution in [2.24, 2.45) is 14.1 Å². The number of nitrogens with one attached hydrogen (secondary N) is 2. The Kier molecular flexibility index (Phi) is 4.77. The largest absolute Gasteiger partial charge is 0.390 e. The number of rotatable bonds is 5. The normalized spacial score (nSPS) is 11.4. The van der Waals surface area contributed by atoms with E-state index >= 15 is 4.39 Å². The minimum absolute atomic E-state index is 0.198. The Morgan fingerprint density at radius 1 is 1.33 bits per heavy atom. The number of H-pyrrole nitrogens is 1. The molecule has 2 N–H and O–H groups in total. The van der Waals surface area contributed by atoms with Crippen molar-refractivity contribution in [3.05, 3.63) is 51.9 Å². The smallest absolute Gasteiger partial charge is 0.264 e. The van der Waals surface area contributed by atoms with Crippen LogP contribution in [0.2, 0.25) is 5.15 Å². The lowest BCUT2D eigenvalue weighted by molar-refractivity contribution is 0.643. The van der Waals surface area contributed by atoms with Crippen LogP contribution in [0.3, 0.4) is 0 Å². The van der Waals surface area contributed by atoms with Gasteiger partial charge in [-0.25, -0.2) is 4.39 Å². The van der Waals surface area contributed by atoms with Crippen LogP contribution >= 0.6 is 11.6 Å². The summed E-state index contributed by atoms with van der Waals surface area (Å²) >= 11 is 6.22. The fourth-order valence-corrected chi connectivity index (χ4v) is 3.78. The van der Waals surface area contributed by atoms with E-state index in [9.17, 15) is 4.79 Å². The van der Waals surface area contributed by atoms with Crippen LogP contribution in [0.4, 0.5) is 10.3 Å². The summed E-state index contributed by atoms with van der Waals surface area (Å²) in [6, 6.07) is 3.28. The van der Waals surface area contributed by atoms with E-state index in [-0.39, 0.29) is 21.7 Å². The molecule has 4 aromatic rings. The first kappa shape index (κ1) is 20.0. The number of likely N-dealkylation sites (N-methyl/N-ethyl adjacent to an activating group) is 2. The third kappa shape index (κ3) is 2.93. The van der Waals surface area contributed by atoms with Crippen LogP contribution in [-0.2, 0) is 14.1 Å². The van der Waals surface area contributed by atoms with E-state index in [2.05, 4.69) is 27.0 Å². The second kappa shape index (κ2) is 7.17. The highest BCUT2D eigenvalue weighted by Gasteiger charge is 2.22. The van der Waals surface area contributed by atoms with Gasteiger partial charge < -0.3 is 15.2 Å². The number of hydrogen-bond donors (Lipinski definition) is 2. The lowest BCUT2D eigenvalue weighted by atomic mass is 10.0. The van der Waals surface area contributed by atoms with Crippen molar-refractivity contribution in [1.29, 1.82) is 0 Å². The van der Waals surface area contributed by atoms with Gasteiger partial charge in [0, 0.05) is 51.2 Å². The standard InChI is InChI=1S/C20H21ClFN7O/c1-10(23-2)9-27(3)20-25-18-14(19(30)28(20)4)12(8-24-18)11-6-7-13-15(16(11)22)17(21)29(5)26-13/h6-8,23-24H,1,9H2,2-5H3. The zero-order chi connectivity index (χ0) is 21.7. The van der Waals surface area contributed by atoms with Crippen molar-refractivity contribution < 1.29 is 4.39 Å². The fraction of sp³-hybridized carbons (Fsp3) is 0.250. The number of halogens is 2. The van der Waals surface area contributed by atoms with Gasteiger partial charge in [0.1, 0.15) is 16.6 Å². The van der Waals surface area contributed by atoms with Gasteiger partial charge in [0.05, 0.1) is 22.8 Å². The fourth-order valence-electron chi connectivity index (χ4n) is 3.56. The van der Waals surface area contributed by atoms with Crippen LogP contribution in [0.5, 0.6) is 0 Å². The molecule has 8 nitrogen and oxygen atoms in total. The summed E-state index contributed by atoms with van der Waals surface area (Å²) in [7, 11) is 6.88. The van der Waals surface area contributed by atoms with Crippen molar-refractivity contribution in [2.75, 3.05) is 25.5 Å². The van der Waals surface area contributed by atoms with Crippen LogP contribution in [0.1, 0.15) is 0 Å². The van der Waals surface area contributed by atoms with Gasteiger partial charge in [-0.1, -0.05) is 18.2 Å². The molecule has 0 radical (unpaired) electrons. The molecule has 0 aliphatic rings. The Hall–Kier alpha value is -3.33. The number of aromatic nitrogens is 5. The summed E-state index contributed by atoms with van der Waals surface area (Å²) in [5.74, 6) is -0.0661. The molecular weight excluding hydrogens is 409 g/mol. The van der Waals surface area contributed by atoms with Crippen LogP contribution in [-0.4, -0.2) is 45.0 Å². The first-order valence-electron chi connectivity index (χ1n) is 9.20. The van der Waals surface area contributed by atoms with Gasteiger partial charge in [-0.15, -0.1) is 0 Å². The summed E-state index contributed by atoms with van der Waals surface area (Å²) in [6.45, 7) is 4.38. The van der Waals surface area contributed by atoms with E-state index in [1.165, 1.54) is 9.25 Å². The lowest BCUT2D eigenvalue weighted by Gasteiger charge is -2.21. The highest BCUT2D eigenvalue weighted by Crippen LogP contribution is 2.35. The van der Waals surface area contributed by atoms with Gasteiger partial charge in [0.2, 0.25) is 5.95 Å². The van der Waals surface area contributed by atoms with Crippen LogP contribution in [0, 0.1) is 5.82 Å². The molecule has 30 heavy (non-hydrogen) atoms. The molecule has 10 heteroatoms. The van der Waals surface area contributed by atoms with Gasteiger partial charge in [-0.05, 0) is 12.1 Å². The van der Waals surface area contributed by atoms with Gasteiger partial charge in [0.15, 0.2) is 0 Å². The minimum Gasteiger partial charge on any atom is -0.390 e. The molecule has 0 saturated carbocycles. The number of aryl methyl sites for hydroxylation is 1. The molecule has 0 unspecified atom stereocenters. The number of hydrogen-bond acceptors (Lipinski definition) is 5. The molecule has 3 aromatic heterocycles. The molecule has 0 amide bonds. The predicted octanol–water partition coefficient (Wildman–Crippen LogP) is 2.78. The van der Waals surface area contributed by atoms with E-state index in [1.807, 2.05) is 11.9 Å². The molecule has 0 fully saturated rings. The average Bonchev–Trinajstić information content (AvgIpc) is 3.26. The topological polar surface area (TPSA) is 83.8 Å². The van der Waals surface area contributed by atoms with Crippen molar-refractivity contribution in [2.45, 2.75) is 0 Å². The van der Waals surface area contributed by atoms with E-state index in [1.54, 1.807) is 39.5 Å². The zero-order valence-electron chi connectivity index (χ0n) is 17.0. The third-order valence-corrected chi connectivity index (χ3v) is 5.60. The van der Waals surface area contributed by atoms with Crippen molar-refractivity contribution in [1.82, 2.24) is 29.6 Å². The zero-order valence-corrected chi connectivity index (χ0v) is 17.8. The number of benzene rings is 1. The van der Waals surface area contributed by atoms with Crippen molar-refractivity contribution >= 4 is 39.5 Å². The Balaban J connectivity index is 1.91. The Morgan fingerprint density at radius 2 is 2.07 bits per heavy atom. The number of fused-ring (bicyclic) bond motifs is 2. The Bertz CT molecular complexity index is 1370. The molecule has 3 heterocycles. The highest BCUT2D eigenvalue weighted by molar-refractivity contribution is 6.34. The number of aromatic amines is 1. The minimum atomic E-state index is -0.528. The Labute approximate surface area is 176 Å². The molecule has 0 bridgehead atoms. The molecule has 0 aliphatic heterocycles. The maximum Gasteiger partial charge on any atom is 0.264 e. The van der Waals surface area contributed by atoms with Gasteiger partial charge in [-0.2, -0.15) is 10.1 Å². The molecule has 1 aromatic carbocycles. The predicted molar refractivity (Wildman–Crippen MR) is 117 cm³/mol. The SMILES string of the molecule is C=C(CN(C)c1nc2[nH]cc(-c3ccc4nn(C)c(Cl)c4c3F)c2c(=O)n1C)NC. The van der Waals surface area contributed by atoms with E-state index < -0.39 is 5.82 Å². The lowest BCUT2D eigenvalue weighted by Crippen LogP contribution is -2.32. The van der Waals surface area contributed by atoms with Gasteiger partial charge >= 0.3 is 0 Å². The molecule has 0 aliphatic carbocycles. The number of anilines is 1. The second-order valence-electron chi connectivity index (χ2n) is 7.15. The van der Waals surface area contributed by atoms with Crippen LogP contribution < -0.4 is 15.8 Å². The maximum atomic E-state index is 15.4. The van der Waals surface area contributed by atoms with Gasteiger partial charge in [0.25, 0.3) is 5.56 Å². The first-order chi connectivity index (χ1) is 14.2. The van der Waals surface area contributed by atoms with E-state index in [0.717, 1.165) is 5.70 Å². The van der Waals surface area contributed by atoms with E-state index in [4.69, 9.17) is 11.6 Å². The second-order valence-corrected chi connectivity index (χ2v) is 7.51. The first-order valence-corrected chi connectivity index (χ1v) is 9.58.